The number of halogens is 4. The number of benzene rings is 2. The Labute approximate surface area is 175 Å². The first-order valence-electron chi connectivity index (χ1n) is 6.90. The topological polar surface area (TPSA) is 88.0 Å². The summed E-state index contributed by atoms with van der Waals surface area (Å²) in [4.78, 5) is 22.7. The number of aliphatic carboxylic acids is 1. The van der Waals surface area contributed by atoms with Crippen LogP contribution in [0.25, 0.3) is 0 Å². The summed E-state index contributed by atoms with van der Waals surface area (Å²) in [5.41, 5.74) is 3.24. The number of nitrogens with zero attached hydrogens (tertiary/aromatic N) is 1. The number of carboxylic acids is 1. The van der Waals surface area contributed by atoms with Crippen LogP contribution in [-0.2, 0) is 4.79 Å². The smallest absolute Gasteiger partial charge is 0.341 e. The van der Waals surface area contributed by atoms with E-state index in [1.54, 1.807) is 18.2 Å². The molecule has 10 heteroatoms. The van der Waals surface area contributed by atoms with Crippen molar-refractivity contribution in [2.24, 2.45) is 5.10 Å². The van der Waals surface area contributed by atoms with Gasteiger partial charge in [0.2, 0.25) is 0 Å². The predicted molar refractivity (Wildman–Crippen MR) is 106 cm³/mol. The van der Waals surface area contributed by atoms with Crippen molar-refractivity contribution in [2.75, 3.05) is 6.61 Å². The van der Waals surface area contributed by atoms with Gasteiger partial charge in [-0.15, -0.1) is 0 Å². The minimum Gasteiger partial charge on any atom is -0.480 e. The first-order valence-corrected chi connectivity index (χ1v) is 9.24. The summed E-state index contributed by atoms with van der Waals surface area (Å²) >= 11 is 18.3. The van der Waals surface area contributed by atoms with E-state index in [2.05, 4.69) is 42.4 Å². The van der Waals surface area contributed by atoms with Crippen molar-refractivity contribution in [1.29, 1.82) is 0 Å². The molecule has 136 valence electrons. The van der Waals surface area contributed by atoms with Crippen LogP contribution in [-0.4, -0.2) is 29.8 Å². The Morgan fingerprint density at radius 3 is 2.42 bits per heavy atom. The summed E-state index contributed by atoms with van der Waals surface area (Å²) in [6.07, 6.45) is 1.41. The lowest BCUT2D eigenvalue weighted by atomic mass is 10.2. The Hall–Kier alpha value is -1.61. The Morgan fingerprint density at radius 1 is 1.19 bits per heavy atom. The van der Waals surface area contributed by atoms with E-state index < -0.39 is 18.5 Å². The number of ether oxygens (including phenoxy) is 1. The van der Waals surface area contributed by atoms with E-state index in [-0.39, 0.29) is 10.6 Å². The number of carbonyl (C=O) groups excluding carboxylic acids is 1. The molecule has 0 atom stereocenters. The van der Waals surface area contributed by atoms with Crippen LogP contribution in [0.5, 0.6) is 5.75 Å². The largest absolute Gasteiger partial charge is 0.480 e. The first kappa shape index (κ1) is 20.7. The number of nitrogens with one attached hydrogen (secondary N) is 1. The van der Waals surface area contributed by atoms with Gasteiger partial charge in [-0.05, 0) is 67.8 Å². The maximum absolute atomic E-state index is 12.1. The zero-order valence-corrected chi connectivity index (χ0v) is 17.5. The summed E-state index contributed by atoms with van der Waals surface area (Å²) in [7, 11) is 0. The van der Waals surface area contributed by atoms with Gasteiger partial charge in [0.15, 0.2) is 6.61 Å². The summed E-state index contributed by atoms with van der Waals surface area (Å²) < 4.78 is 6.23. The molecule has 2 N–H and O–H groups in total. The third kappa shape index (κ3) is 5.70. The van der Waals surface area contributed by atoms with Crippen LogP contribution in [0.15, 0.2) is 44.4 Å². The number of carboxylic acid groups (broad SMARTS) is 1. The monoisotopic (exact) mass is 522 g/mol. The average Bonchev–Trinajstić information content (AvgIpc) is 2.53. The summed E-state index contributed by atoms with van der Waals surface area (Å²) in [6, 6.07) is 7.83. The highest BCUT2D eigenvalue weighted by Crippen LogP contribution is 2.34. The van der Waals surface area contributed by atoms with Gasteiger partial charge in [-0.25, -0.2) is 10.2 Å². The van der Waals surface area contributed by atoms with Crippen LogP contribution >= 0.6 is 55.1 Å². The van der Waals surface area contributed by atoms with E-state index in [0.29, 0.717) is 25.3 Å². The molecule has 0 spiro atoms. The van der Waals surface area contributed by atoms with Crippen molar-refractivity contribution in [1.82, 2.24) is 5.43 Å². The maximum Gasteiger partial charge on any atom is 0.341 e. The molecule has 0 fully saturated rings. The van der Waals surface area contributed by atoms with Crippen molar-refractivity contribution in [3.63, 3.8) is 0 Å². The van der Waals surface area contributed by atoms with E-state index in [0.717, 1.165) is 0 Å². The highest BCUT2D eigenvalue weighted by molar-refractivity contribution is 9.11. The number of hydrogen-bond acceptors (Lipinski definition) is 4. The van der Waals surface area contributed by atoms with Crippen LogP contribution in [0.4, 0.5) is 0 Å². The van der Waals surface area contributed by atoms with Gasteiger partial charge in [-0.3, -0.25) is 4.79 Å². The Morgan fingerprint density at radius 2 is 1.85 bits per heavy atom. The Bertz CT molecular complexity index is 868. The minimum absolute atomic E-state index is 0.218. The molecule has 0 radical (unpaired) electrons. The van der Waals surface area contributed by atoms with Crippen LogP contribution in [0.3, 0.4) is 0 Å². The molecule has 0 unspecified atom stereocenters. The van der Waals surface area contributed by atoms with Crippen LogP contribution in [0, 0.1) is 0 Å². The quantitative estimate of drug-likeness (QED) is 0.422. The molecule has 1 amide bonds. The zero-order valence-electron chi connectivity index (χ0n) is 12.8. The molecule has 0 saturated heterocycles. The van der Waals surface area contributed by atoms with E-state index in [9.17, 15) is 9.59 Å². The predicted octanol–water partition coefficient (Wildman–Crippen LogP) is 4.75. The molecule has 6 nitrogen and oxygen atoms in total. The van der Waals surface area contributed by atoms with Gasteiger partial charge in [0.25, 0.3) is 5.91 Å². The van der Waals surface area contributed by atoms with E-state index in [4.69, 9.17) is 33.0 Å². The molecule has 2 aromatic carbocycles. The number of rotatable bonds is 6. The number of carbonyl (C=O) groups is 2. The zero-order chi connectivity index (χ0) is 19.3. The van der Waals surface area contributed by atoms with Crippen molar-refractivity contribution in [3.8, 4) is 5.75 Å². The standard InChI is InChI=1S/C16H10Br2Cl2N2O4/c17-11-3-8(4-12(18)15(11)26-7-14(23)24)6-21-22-16(25)10-2-1-9(19)5-13(10)20/h1-6H,7H2,(H,22,25)(H,23,24)/b21-6-. The molecule has 0 heterocycles. The fourth-order valence-corrected chi connectivity index (χ4v) is 3.77. The van der Waals surface area contributed by atoms with Crippen LogP contribution in [0.2, 0.25) is 10.0 Å². The molecule has 0 aliphatic carbocycles. The molecule has 26 heavy (non-hydrogen) atoms. The summed E-state index contributed by atoms with van der Waals surface area (Å²) in [5.74, 6) is -1.22. The molecule has 2 rings (SSSR count). The van der Waals surface area contributed by atoms with Crippen LogP contribution in [0.1, 0.15) is 15.9 Å². The summed E-state index contributed by atoms with van der Waals surface area (Å²) in [6.45, 7) is -0.470. The van der Waals surface area contributed by atoms with E-state index in [1.165, 1.54) is 18.3 Å². The highest BCUT2D eigenvalue weighted by atomic mass is 79.9. The normalized spacial score (nSPS) is 10.8. The van der Waals surface area contributed by atoms with Crippen molar-refractivity contribution < 1.29 is 19.4 Å². The van der Waals surface area contributed by atoms with Crippen molar-refractivity contribution >= 4 is 73.2 Å². The van der Waals surface area contributed by atoms with Gasteiger partial charge in [-0.2, -0.15) is 5.10 Å². The maximum atomic E-state index is 12.1. The molecule has 2 aromatic rings. The van der Waals surface area contributed by atoms with Gasteiger partial charge in [-0.1, -0.05) is 23.2 Å². The third-order valence-electron chi connectivity index (χ3n) is 2.92. The molecule has 0 aliphatic rings. The Balaban J connectivity index is 2.08. The van der Waals surface area contributed by atoms with Gasteiger partial charge in [0.1, 0.15) is 5.75 Å². The van der Waals surface area contributed by atoms with Crippen LogP contribution < -0.4 is 10.2 Å². The van der Waals surface area contributed by atoms with E-state index >= 15 is 0 Å². The highest BCUT2D eigenvalue weighted by Gasteiger charge is 2.11. The summed E-state index contributed by atoms with van der Waals surface area (Å²) in [5, 5.41) is 13.2. The fourth-order valence-electron chi connectivity index (χ4n) is 1.83. The molecular weight excluding hydrogens is 515 g/mol. The van der Waals surface area contributed by atoms with Gasteiger partial charge in [0.05, 0.1) is 25.7 Å². The van der Waals surface area contributed by atoms with Gasteiger partial charge in [0, 0.05) is 5.02 Å². The molecule has 0 saturated carbocycles. The van der Waals surface area contributed by atoms with E-state index in [1.807, 2.05) is 0 Å². The molecule has 0 bridgehead atoms. The third-order valence-corrected chi connectivity index (χ3v) is 4.64. The van der Waals surface area contributed by atoms with Crippen molar-refractivity contribution in [2.45, 2.75) is 0 Å². The van der Waals surface area contributed by atoms with Gasteiger partial charge < -0.3 is 9.84 Å². The SMILES string of the molecule is O=C(O)COc1c(Br)cc(/C=N\NC(=O)c2ccc(Cl)cc2Cl)cc1Br. The second kappa shape index (κ2) is 9.36. The second-order valence-electron chi connectivity index (χ2n) is 4.82. The lowest BCUT2D eigenvalue weighted by Crippen LogP contribution is -2.18. The first-order chi connectivity index (χ1) is 12.3. The lowest BCUT2D eigenvalue weighted by molar-refractivity contribution is -0.139. The van der Waals surface area contributed by atoms with Crippen molar-refractivity contribution in [3.05, 3.63) is 60.4 Å². The average molecular weight is 525 g/mol. The number of hydrogen-bond donors (Lipinski definition) is 2. The minimum atomic E-state index is -1.09. The Kier molecular flexibility index (Phi) is 7.45. The number of amides is 1. The number of hydrazone groups is 1. The second-order valence-corrected chi connectivity index (χ2v) is 7.37. The molecular formula is C16H10Br2Cl2N2O4. The fraction of sp³-hybridized carbons (Fsp3) is 0.0625. The molecule has 0 aromatic heterocycles. The molecule has 0 aliphatic heterocycles. The lowest BCUT2D eigenvalue weighted by Gasteiger charge is -2.09. The van der Waals surface area contributed by atoms with Gasteiger partial charge >= 0.3 is 5.97 Å².